The van der Waals surface area contributed by atoms with Crippen molar-refractivity contribution in [1.29, 1.82) is 0 Å². The van der Waals surface area contributed by atoms with E-state index in [1.54, 1.807) is 0 Å². The molecule has 0 amide bonds. The number of benzene rings is 3. The molecule has 0 bridgehead atoms. The Labute approximate surface area is 237 Å². The third kappa shape index (κ3) is 3.64. The molecule has 0 radical (unpaired) electrons. The van der Waals surface area contributed by atoms with Gasteiger partial charge in [-0.15, -0.1) is 6.58 Å². The van der Waals surface area contributed by atoms with Gasteiger partial charge in [0.1, 0.15) is 0 Å². The predicted molar refractivity (Wildman–Crippen MR) is 169 cm³/mol. The minimum Gasteiger partial charge on any atom is -0.309 e. The van der Waals surface area contributed by atoms with Crippen LogP contribution in [0.1, 0.15) is 131 Å². The number of aryl methyl sites for hydroxylation is 3. The molecule has 0 aliphatic carbocycles. The molecular weight excluding hydrogens is 470 g/mol. The fourth-order valence-electron chi connectivity index (χ4n) is 7.84. The summed E-state index contributed by atoms with van der Waals surface area (Å²) in [6.45, 7) is 23.4. The third-order valence-corrected chi connectivity index (χ3v) is 10.2. The Balaban J connectivity index is 1.70. The fraction of sp³-hybridized carbons (Fsp3) is 0.474. The van der Waals surface area contributed by atoms with Crippen LogP contribution in [0.15, 0.2) is 49.1 Å². The molecule has 204 valence electrons. The number of allylic oxidation sites excluding steroid dienone is 1. The van der Waals surface area contributed by atoms with Crippen LogP contribution in [0.25, 0.3) is 0 Å². The Morgan fingerprint density at radius 3 is 1.38 bits per heavy atom. The molecule has 3 aromatic carbocycles. The molecule has 3 aliphatic rings. The largest absolute Gasteiger partial charge is 0.309 e. The van der Waals surface area contributed by atoms with E-state index in [1.165, 1.54) is 92.8 Å². The summed E-state index contributed by atoms with van der Waals surface area (Å²) in [5.74, 6) is 0. The van der Waals surface area contributed by atoms with E-state index >= 15 is 0 Å². The van der Waals surface area contributed by atoms with Gasteiger partial charge in [0.05, 0.1) is 17.1 Å². The molecule has 6 rings (SSSR count). The van der Waals surface area contributed by atoms with E-state index in [0.29, 0.717) is 0 Å². The second kappa shape index (κ2) is 8.85. The van der Waals surface area contributed by atoms with Gasteiger partial charge in [0.15, 0.2) is 0 Å². The monoisotopic (exact) mass is 517 g/mol. The van der Waals surface area contributed by atoms with Crippen LogP contribution in [0, 0.1) is 6.92 Å². The van der Waals surface area contributed by atoms with E-state index in [9.17, 15) is 0 Å². The highest BCUT2D eigenvalue weighted by Crippen LogP contribution is 2.66. The standard InChI is InChI=1S/C38H47N/c1-10-12-14-16-25-20-29-34-31(22-25)38(8,9)32-23-26(17-15-13-11-2)21-30-35(32)39(34)33-27(36(29,4)5)18-24(3)19-28(33)37(30,6)7/h10,18-23H,1,11-17H2,2-9H3. The summed E-state index contributed by atoms with van der Waals surface area (Å²) in [5, 5.41) is 0. The van der Waals surface area contributed by atoms with E-state index in [4.69, 9.17) is 0 Å². The maximum Gasteiger partial charge on any atom is 0.0544 e. The van der Waals surface area contributed by atoms with Crippen molar-refractivity contribution in [3.63, 3.8) is 0 Å². The van der Waals surface area contributed by atoms with Gasteiger partial charge in [-0.05, 0) is 83.5 Å². The molecule has 0 saturated carbocycles. The van der Waals surface area contributed by atoms with Gasteiger partial charge in [0.2, 0.25) is 0 Å². The summed E-state index contributed by atoms with van der Waals surface area (Å²) in [5.41, 5.74) is 17.5. The Hall–Kier alpha value is -2.80. The maximum absolute atomic E-state index is 3.97. The molecule has 3 aliphatic heterocycles. The van der Waals surface area contributed by atoms with Gasteiger partial charge in [0.25, 0.3) is 0 Å². The summed E-state index contributed by atoms with van der Waals surface area (Å²) in [7, 11) is 0. The number of anilines is 3. The van der Waals surface area contributed by atoms with Crippen molar-refractivity contribution in [3.05, 3.63) is 99.1 Å². The van der Waals surface area contributed by atoms with E-state index in [1.807, 2.05) is 0 Å². The quantitative estimate of drug-likeness (QED) is 0.212. The van der Waals surface area contributed by atoms with Crippen molar-refractivity contribution >= 4 is 17.1 Å². The van der Waals surface area contributed by atoms with Crippen molar-refractivity contribution in [2.45, 2.75) is 117 Å². The van der Waals surface area contributed by atoms with Crippen molar-refractivity contribution in [2.24, 2.45) is 0 Å². The topological polar surface area (TPSA) is 3.24 Å². The predicted octanol–water partition coefficient (Wildman–Crippen LogP) is 10.6. The summed E-state index contributed by atoms with van der Waals surface area (Å²) in [6.07, 6.45) is 10.4. The van der Waals surface area contributed by atoms with E-state index < -0.39 is 0 Å². The van der Waals surface area contributed by atoms with E-state index in [2.05, 4.69) is 109 Å². The average molecular weight is 518 g/mol. The van der Waals surface area contributed by atoms with Crippen LogP contribution in [0.4, 0.5) is 17.1 Å². The van der Waals surface area contributed by atoms with Gasteiger partial charge in [-0.25, -0.2) is 0 Å². The summed E-state index contributed by atoms with van der Waals surface area (Å²) >= 11 is 0. The van der Waals surface area contributed by atoms with Crippen LogP contribution >= 0.6 is 0 Å². The van der Waals surface area contributed by atoms with Crippen molar-refractivity contribution in [2.75, 3.05) is 4.90 Å². The molecular formula is C38H47N. The first kappa shape index (κ1) is 26.4. The lowest BCUT2D eigenvalue weighted by atomic mass is 9.60. The zero-order valence-corrected chi connectivity index (χ0v) is 25.6. The number of unbranched alkanes of at least 4 members (excludes halogenated alkanes) is 3. The molecule has 3 aromatic rings. The van der Waals surface area contributed by atoms with Crippen molar-refractivity contribution in [3.8, 4) is 0 Å². The molecule has 1 heteroatoms. The first-order valence-corrected chi connectivity index (χ1v) is 15.4. The van der Waals surface area contributed by atoms with Crippen LogP contribution in [0.2, 0.25) is 0 Å². The normalized spacial score (nSPS) is 18.1. The highest BCUT2D eigenvalue weighted by atomic mass is 15.2. The lowest BCUT2D eigenvalue weighted by molar-refractivity contribution is 0.562. The molecule has 0 unspecified atom stereocenters. The Kier molecular flexibility index (Phi) is 6.00. The second-order valence-corrected chi connectivity index (χ2v) is 14.1. The Morgan fingerprint density at radius 2 is 1.00 bits per heavy atom. The molecule has 0 spiro atoms. The zero-order chi connectivity index (χ0) is 27.9. The smallest absolute Gasteiger partial charge is 0.0544 e. The van der Waals surface area contributed by atoms with Crippen LogP contribution in [-0.2, 0) is 29.1 Å². The van der Waals surface area contributed by atoms with E-state index in [0.717, 1.165) is 19.3 Å². The van der Waals surface area contributed by atoms with Crippen molar-refractivity contribution in [1.82, 2.24) is 0 Å². The van der Waals surface area contributed by atoms with Gasteiger partial charge in [-0.2, -0.15) is 0 Å². The minimum atomic E-state index is -0.0637. The highest BCUT2D eigenvalue weighted by Gasteiger charge is 2.52. The fourth-order valence-corrected chi connectivity index (χ4v) is 7.84. The lowest BCUT2D eigenvalue weighted by Crippen LogP contribution is -2.44. The van der Waals surface area contributed by atoms with Gasteiger partial charge in [-0.1, -0.05) is 109 Å². The number of rotatable bonds is 8. The molecule has 0 fully saturated rings. The van der Waals surface area contributed by atoms with Gasteiger partial charge >= 0.3 is 0 Å². The zero-order valence-electron chi connectivity index (χ0n) is 25.6. The Bertz CT molecular complexity index is 1500. The number of hydrogen-bond donors (Lipinski definition) is 0. The maximum atomic E-state index is 3.97. The van der Waals surface area contributed by atoms with Gasteiger partial charge in [-0.3, -0.25) is 0 Å². The van der Waals surface area contributed by atoms with Gasteiger partial charge < -0.3 is 4.90 Å². The second-order valence-electron chi connectivity index (χ2n) is 14.1. The molecule has 1 nitrogen and oxygen atoms in total. The molecule has 3 heterocycles. The summed E-state index contributed by atoms with van der Waals surface area (Å²) < 4.78 is 0. The first-order chi connectivity index (χ1) is 18.4. The number of nitrogens with zero attached hydrogens (tertiary/aromatic N) is 1. The molecule has 0 saturated heterocycles. The summed E-state index contributed by atoms with van der Waals surface area (Å²) in [4.78, 5) is 2.71. The van der Waals surface area contributed by atoms with E-state index in [-0.39, 0.29) is 16.2 Å². The summed E-state index contributed by atoms with van der Waals surface area (Å²) in [6, 6.07) is 15.2. The number of hydrogen-bond acceptors (Lipinski definition) is 1. The average Bonchev–Trinajstić information content (AvgIpc) is 2.88. The molecule has 0 atom stereocenters. The lowest BCUT2D eigenvalue weighted by Gasteiger charge is -2.55. The van der Waals surface area contributed by atoms with Crippen LogP contribution in [-0.4, -0.2) is 0 Å². The Morgan fingerprint density at radius 1 is 0.615 bits per heavy atom. The van der Waals surface area contributed by atoms with Crippen LogP contribution < -0.4 is 4.90 Å². The van der Waals surface area contributed by atoms with Crippen LogP contribution in [0.3, 0.4) is 0 Å². The van der Waals surface area contributed by atoms with Crippen molar-refractivity contribution < 1.29 is 0 Å². The van der Waals surface area contributed by atoms with Crippen LogP contribution in [0.5, 0.6) is 0 Å². The SMILES string of the molecule is C=CCCCc1cc2c3c(c1)C(C)(C)c1cc(CCCCC)cc4c1N3c1c(cc(C)cc1C4(C)C)C2(C)C. The third-order valence-electron chi connectivity index (χ3n) is 10.2. The first-order valence-electron chi connectivity index (χ1n) is 15.4. The molecule has 0 aromatic heterocycles. The highest BCUT2D eigenvalue weighted by molar-refractivity contribution is 5.98. The minimum absolute atomic E-state index is 0.0523. The van der Waals surface area contributed by atoms with Gasteiger partial charge in [0, 0.05) is 16.2 Å². The molecule has 0 N–H and O–H groups in total. The molecule has 39 heavy (non-hydrogen) atoms.